The lowest BCUT2D eigenvalue weighted by Gasteiger charge is -2.00. The van der Waals surface area contributed by atoms with Crippen molar-refractivity contribution >= 4 is 11.1 Å². The Hall–Kier alpha value is -1.53. The van der Waals surface area contributed by atoms with Gasteiger partial charge in [-0.25, -0.2) is 8.89 Å². The fourth-order valence-electron chi connectivity index (χ4n) is 1.08. The van der Waals surface area contributed by atoms with Crippen LogP contribution in [0, 0.1) is 0 Å². The summed E-state index contributed by atoms with van der Waals surface area (Å²) in [7, 11) is 0. The highest BCUT2D eigenvalue weighted by Gasteiger charge is 2.02. The predicted molar refractivity (Wildman–Crippen MR) is 50.4 cm³/mol. The summed E-state index contributed by atoms with van der Waals surface area (Å²) >= 11 is -1.96. The molecule has 1 aromatic carbocycles. The van der Waals surface area contributed by atoms with Gasteiger partial charge in [-0.3, -0.25) is 0 Å². The van der Waals surface area contributed by atoms with Gasteiger partial charge in [0.25, 0.3) is 0 Å². The molecule has 2 aromatic rings. The molecule has 0 aliphatic rings. The summed E-state index contributed by atoms with van der Waals surface area (Å²) in [5.41, 5.74) is 0.711. The highest BCUT2D eigenvalue weighted by molar-refractivity contribution is 7.79. The van der Waals surface area contributed by atoms with Crippen LogP contribution in [0.25, 0.3) is 5.69 Å². The van der Waals surface area contributed by atoms with E-state index < -0.39 is 11.1 Å². The van der Waals surface area contributed by atoms with E-state index >= 15 is 0 Å². The van der Waals surface area contributed by atoms with E-state index in [1.165, 1.54) is 4.68 Å². The number of hydrogen-bond donors (Lipinski definition) is 1. The third kappa shape index (κ3) is 1.70. The maximum absolute atomic E-state index is 10.8. The molecular formula is C8H7N3O2S. The molecule has 72 valence electrons. The minimum absolute atomic E-state index is 0.345. The van der Waals surface area contributed by atoms with Crippen LogP contribution in [0.15, 0.2) is 41.6 Å². The van der Waals surface area contributed by atoms with Crippen LogP contribution in [-0.2, 0) is 11.1 Å². The molecule has 0 amide bonds. The van der Waals surface area contributed by atoms with E-state index in [1.54, 1.807) is 36.7 Å². The van der Waals surface area contributed by atoms with E-state index in [0.717, 1.165) is 0 Å². The molecule has 1 aromatic heterocycles. The van der Waals surface area contributed by atoms with Crippen molar-refractivity contribution in [3.05, 3.63) is 36.7 Å². The first-order chi connectivity index (χ1) is 6.77. The van der Waals surface area contributed by atoms with Gasteiger partial charge in [0.05, 0.1) is 23.0 Å². The maximum atomic E-state index is 10.8. The van der Waals surface area contributed by atoms with Crippen molar-refractivity contribution in [2.75, 3.05) is 0 Å². The molecular weight excluding hydrogens is 202 g/mol. The first-order valence-corrected chi connectivity index (χ1v) is 4.95. The van der Waals surface area contributed by atoms with Gasteiger partial charge < -0.3 is 4.55 Å². The first kappa shape index (κ1) is 9.04. The van der Waals surface area contributed by atoms with Gasteiger partial charge in [-0.2, -0.15) is 0 Å². The predicted octanol–water partition coefficient (Wildman–Crippen LogP) is 0.848. The van der Waals surface area contributed by atoms with Crippen molar-refractivity contribution < 1.29 is 8.76 Å². The summed E-state index contributed by atoms with van der Waals surface area (Å²) in [6, 6.07) is 6.65. The Labute approximate surface area is 82.7 Å². The van der Waals surface area contributed by atoms with Crippen molar-refractivity contribution in [2.45, 2.75) is 4.90 Å². The normalized spacial score (nSPS) is 12.6. The summed E-state index contributed by atoms with van der Waals surface area (Å²) in [5.74, 6) is 0. The molecule has 0 fully saturated rings. The number of aromatic nitrogens is 3. The Morgan fingerprint density at radius 2 is 2.29 bits per heavy atom. The lowest BCUT2D eigenvalue weighted by molar-refractivity contribution is 0.564. The third-order valence-corrected chi connectivity index (χ3v) is 2.36. The van der Waals surface area contributed by atoms with Crippen LogP contribution >= 0.6 is 0 Å². The average Bonchev–Trinajstić information content (AvgIpc) is 2.71. The molecule has 5 nitrogen and oxygen atoms in total. The molecule has 0 bridgehead atoms. The van der Waals surface area contributed by atoms with Crippen molar-refractivity contribution in [2.24, 2.45) is 0 Å². The average molecular weight is 209 g/mol. The fraction of sp³-hybridized carbons (Fsp3) is 0. The molecule has 0 spiro atoms. The van der Waals surface area contributed by atoms with Crippen LogP contribution in [-0.4, -0.2) is 23.8 Å². The molecule has 6 heteroatoms. The molecule has 1 atom stereocenters. The van der Waals surface area contributed by atoms with Gasteiger partial charge in [-0.05, 0) is 18.2 Å². The van der Waals surface area contributed by atoms with Gasteiger partial charge in [-0.15, -0.1) is 5.10 Å². The zero-order valence-electron chi connectivity index (χ0n) is 7.07. The monoisotopic (exact) mass is 209 g/mol. The number of rotatable bonds is 2. The topological polar surface area (TPSA) is 68.0 Å². The zero-order valence-corrected chi connectivity index (χ0v) is 7.89. The Balaban J connectivity index is 2.46. The third-order valence-electron chi connectivity index (χ3n) is 1.71. The molecule has 0 aliphatic carbocycles. The molecule has 0 radical (unpaired) electrons. The van der Waals surface area contributed by atoms with Crippen molar-refractivity contribution in [1.82, 2.24) is 15.0 Å². The molecule has 0 saturated heterocycles. The van der Waals surface area contributed by atoms with Crippen LogP contribution in [0.3, 0.4) is 0 Å². The van der Waals surface area contributed by atoms with Crippen LogP contribution in [0.1, 0.15) is 0 Å². The minimum Gasteiger partial charge on any atom is -0.302 e. The van der Waals surface area contributed by atoms with Crippen molar-refractivity contribution in [3.63, 3.8) is 0 Å². The molecule has 1 N–H and O–H groups in total. The van der Waals surface area contributed by atoms with Gasteiger partial charge in [0, 0.05) is 0 Å². The molecule has 2 rings (SSSR count). The Kier molecular flexibility index (Phi) is 2.38. The van der Waals surface area contributed by atoms with Crippen LogP contribution in [0.4, 0.5) is 0 Å². The maximum Gasteiger partial charge on any atom is 0.186 e. The van der Waals surface area contributed by atoms with E-state index in [-0.39, 0.29) is 0 Å². The number of nitrogens with zero attached hydrogens (tertiary/aromatic N) is 3. The highest BCUT2D eigenvalue weighted by Crippen LogP contribution is 2.11. The smallest absolute Gasteiger partial charge is 0.186 e. The SMILES string of the molecule is O=S(O)c1cccc(-n2ccnn2)c1. The second kappa shape index (κ2) is 3.69. The zero-order chi connectivity index (χ0) is 9.97. The Bertz CT molecular complexity index is 455. The lowest BCUT2D eigenvalue weighted by atomic mass is 10.3. The van der Waals surface area contributed by atoms with Gasteiger partial charge in [-0.1, -0.05) is 11.3 Å². The van der Waals surface area contributed by atoms with Crippen LogP contribution < -0.4 is 0 Å². The second-order valence-electron chi connectivity index (χ2n) is 2.59. The molecule has 1 unspecified atom stereocenters. The van der Waals surface area contributed by atoms with Gasteiger partial charge in [0.15, 0.2) is 11.1 Å². The van der Waals surface area contributed by atoms with Crippen LogP contribution in [0.2, 0.25) is 0 Å². The van der Waals surface area contributed by atoms with E-state index in [9.17, 15) is 4.21 Å². The van der Waals surface area contributed by atoms with E-state index in [4.69, 9.17) is 4.55 Å². The summed E-state index contributed by atoms with van der Waals surface area (Å²) in [6.07, 6.45) is 3.21. The number of benzene rings is 1. The Morgan fingerprint density at radius 1 is 1.43 bits per heavy atom. The van der Waals surface area contributed by atoms with E-state index in [2.05, 4.69) is 10.3 Å². The highest BCUT2D eigenvalue weighted by atomic mass is 32.2. The fourth-order valence-corrected chi connectivity index (χ4v) is 1.50. The molecule has 0 aliphatic heterocycles. The van der Waals surface area contributed by atoms with E-state index in [1.807, 2.05) is 0 Å². The molecule has 1 heterocycles. The summed E-state index contributed by atoms with van der Waals surface area (Å²) in [5, 5.41) is 7.42. The van der Waals surface area contributed by atoms with Crippen molar-refractivity contribution in [1.29, 1.82) is 0 Å². The van der Waals surface area contributed by atoms with Gasteiger partial charge >= 0.3 is 0 Å². The quantitative estimate of drug-likeness (QED) is 0.744. The lowest BCUT2D eigenvalue weighted by Crippen LogP contribution is -1.97. The molecule has 14 heavy (non-hydrogen) atoms. The summed E-state index contributed by atoms with van der Waals surface area (Å²) in [6.45, 7) is 0. The first-order valence-electron chi connectivity index (χ1n) is 3.85. The van der Waals surface area contributed by atoms with Gasteiger partial charge in [0.1, 0.15) is 0 Å². The van der Waals surface area contributed by atoms with Crippen molar-refractivity contribution in [3.8, 4) is 5.69 Å². The number of hydrogen-bond acceptors (Lipinski definition) is 3. The minimum atomic E-state index is -1.96. The standard InChI is InChI=1S/C8H7N3O2S/c12-14(13)8-3-1-2-7(6-8)11-5-4-9-10-11/h1-6H,(H,12,13). The van der Waals surface area contributed by atoms with Gasteiger partial charge in [0.2, 0.25) is 0 Å². The van der Waals surface area contributed by atoms with E-state index in [0.29, 0.717) is 10.6 Å². The Morgan fingerprint density at radius 3 is 2.93 bits per heavy atom. The summed E-state index contributed by atoms with van der Waals surface area (Å²) < 4.78 is 21.2. The molecule has 0 saturated carbocycles. The largest absolute Gasteiger partial charge is 0.302 e. The summed E-state index contributed by atoms with van der Waals surface area (Å²) in [4.78, 5) is 0.345. The van der Waals surface area contributed by atoms with Crippen LogP contribution in [0.5, 0.6) is 0 Å². The second-order valence-corrected chi connectivity index (χ2v) is 3.56.